The van der Waals surface area contributed by atoms with Crippen molar-refractivity contribution in [3.05, 3.63) is 60.7 Å². The third-order valence-corrected chi connectivity index (χ3v) is 4.29. The highest BCUT2D eigenvalue weighted by Crippen LogP contribution is 2.23. The zero-order chi connectivity index (χ0) is 20.5. The lowest BCUT2D eigenvalue weighted by Crippen LogP contribution is -2.22. The number of pyridine rings is 1. The predicted molar refractivity (Wildman–Crippen MR) is 115 cm³/mol. The molecule has 8 heteroatoms. The van der Waals surface area contributed by atoms with Gasteiger partial charge in [-0.05, 0) is 44.0 Å². The van der Waals surface area contributed by atoms with E-state index < -0.39 is 0 Å². The number of nitrogens with one attached hydrogen (secondary N) is 2. The number of hydrogen-bond acceptors (Lipinski definition) is 6. The monoisotopic (exact) mass is 388 g/mol. The molecule has 8 nitrogen and oxygen atoms in total. The summed E-state index contributed by atoms with van der Waals surface area (Å²) in [6.45, 7) is 4.02. The quantitative estimate of drug-likeness (QED) is 0.523. The molecular weight excluding hydrogens is 364 g/mol. The van der Waals surface area contributed by atoms with Gasteiger partial charge < -0.3 is 10.2 Å². The molecule has 5 rings (SSSR count). The zero-order valence-corrected chi connectivity index (χ0v) is 16.4. The molecule has 1 saturated heterocycles. The van der Waals surface area contributed by atoms with Crippen LogP contribution in [0.15, 0.2) is 55.0 Å². The van der Waals surface area contributed by atoms with E-state index in [0.29, 0.717) is 0 Å². The van der Waals surface area contributed by atoms with Gasteiger partial charge in [0.25, 0.3) is 0 Å². The van der Waals surface area contributed by atoms with Crippen LogP contribution in [-0.4, -0.2) is 42.9 Å². The Morgan fingerprint density at radius 3 is 2.41 bits per heavy atom. The second kappa shape index (κ2) is 9.90. The van der Waals surface area contributed by atoms with Gasteiger partial charge in [-0.3, -0.25) is 10.1 Å². The Morgan fingerprint density at radius 2 is 1.83 bits per heavy atom. The molecule has 0 spiro atoms. The minimum atomic E-state index is 0.765. The number of fused-ring (bicyclic) bond motifs is 1. The molecule has 0 saturated carbocycles. The summed E-state index contributed by atoms with van der Waals surface area (Å²) in [5, 5.41) is 15.0. The van der Waals surface area contributed by atoms with Crippen molar-refractivity contribution in [1.29, 1.82) is 0 Å². The van der Waals surface area contributed by atoms with Gasteiger partial charge >= 0.3 is 0 Å². The molecular formula is C21H24N8. The first-order chi connectivity index (χ1) is 14.3. The van der Waals surface area contributed by atoms with Crippen molar-refractivity contribution in [2.24, 2.45) is 0 Å². The Kier molecular flexibility index (Phi) is 6.79. The zero-order valence-electron chi connectivity index (χ0n) is 16.4. The smallest absolute Gasteiger partial charge is 0.245 e. The Morgan fingerprint density at radius 1 is 1.07 bits per heavy atom. The number of aromatic amines is 1. The number of anilines is 3. The van der Waals surface area contributed by atoms with Crippen molar-refractivity contribution in [2.75, 3.05) is 23.3 Å². The minimum absolute atomic E-state index is 0.765. The van der Waals surface area contributed by atoms with Crippen LogP contribution < -0.4 is 10.2 Å². The van der Waals surface area contributed by atoms with Gasteiger partial charge in [0.2, 0.25) is 5.95 Å². The van der Waals surface area contributed by atoms with Crippen LogP contribution in [0.4, 0.5) is 17.6 Å². The molecule has 1 aliphatic rings. The fraction of sp³-hybridized carbons (Fsp3) is 0.238. The molecule has 148 valence electrons. The summed E-state index contributed by atoms with van der Waals surface area (Å²) in [7, 11) is 0. The lowest BCUT2D eigenvalue weighted by molar-refractivity contribution is 0.826. The van der Waals surface area contributed by atoms with Gasteiger partial charge in [-0.1, -0.05) is 6.07 Å². The van der Waals surface area contributed by atoms with Crippen molar-refractivity contribution in [2.45, 2.75) is 19.8 Å². The molecule has 0 radical (unpaired) electrons. The van der Waals surface area contributed by atoms with E-state index in [4.69, 9.17) is 0 Å². The molecule has 0 amide bonds. The van der Waals surface area contributed by atoms with Gasteiger partial charge in [-0.2, -0.15) is 10.1 Å². The van der Waals surface area contributed by atoms with E-state index in [0.717, 1.165) is 41.9 Å². The maximum absolute atomic E-state index is 4.69. The fourth-order valence-corrected chi connectivity index (χ4v) is 2.98. The lowest BCUT2D eigenvalue weighted by Gasteiger charge is -2.16. The maximum atomic E-state index is 4.69. The van der Waals surface area contributed by atoms with E-state index in [-0.39, 0.29) is 0 Å². The average Bonchev–Trinajstić information content (AvgIpc) is 3.53. The van der Waals surface area contributed by atoms with Crippen LogP contribution in [0.3, 0.4) is 0 Å². The number of H-pyrrole nitrogens is 1. The Labute approximate surface area is 170 Å². The predicted octanol–water partition coefficient (Wildman–Crippen LogP) is 3.44. The van der Waals surface area contributed by atoms with E-state index in [1.807, 2.05) is 54.0 Å². The van der Waals surface area contributed by atoms with E-state index >= 15 is 0 Å². The second-order valence-electron chi connectivity index (χ2n) is 6.38. The fourth-order valence-electron chi connectivity index (χ4n) is 2.98. The van der Waals surface area contributed by atoms with Crippen LogP contribution in [0.25, 0.3) is 5.52 Å². The van der Waals surface area contributed by atoms with E-state index in [2.05, 4.69) is 48.3 Å². The standard InChI is InChI=1S/C14H17N7.C5H5N.C2H2/c1-10-9-12(18-17-10)15-13-11-5-4-8-21(11)19-14(16-13)20-6-2-3-7-20;1-2-4-6-5-3-1;1-2/h4-5,8-9H,2-3,6-7H2,1H3,(H2,15,16,17,18,19);1-5H;1-2H. The molecule has 0 aromatic carbocycles. The van der Waals surface area contributed by atoms with Gasteiger partial charge in [-0.15, -0.1) is 17.9 Å². The van der Waals surface area contributed by atoms with Gasteiger partial charge in [0.1, 0.15) is 5.52 Å². The highest BCUT2D eigenvalue weighted by atomic mass is 15.4. The van der Waals surface area contributed by atoms with E-state index in [9.17, 15) is 0 Å². The number of terminal acetylenes is 1. The van der Waals surface area contributed by atoms with Crippen LogP contribution >= 0.6 is 0 Å². The van der Waals surface area contributed by atoms with Gasteiger partial charge in [0.05, 0.1) is 0 Å². The van der Waals surface area contributed by atoms with Crippen LogP contribution in [0.1, 0.15) is 18.5 Å². The molecule has 1 fully saturated rings. The number of nitrogens with zero attached hydrogens (tertiary/aromatic N) is 6. The molecule has 2 N–H and O–H groups in total. The summed E-state index contributed by atoms with van der Waals surface area (Å²) < 4.78 is 1.86. The highest BCUT2D eigenvalue weighted by molar-refractivity contribution is 5.73. The van der Waals surface area contributed by atoms with Crippen LogP contribution in [0.2, 0.25) is 0 Å². The Hall–Kier alpha value is -3.86. The molecule has 4 aromatic rings. The Balaban J connectivity index is 0.000000256. The maximum Gasteiger partial charge on any atom is 0.245 e. The normalized spacial score (nSPS) is 12.6. The van der Waals surface area contributed by atoms with Gasteiger partial charge in [0, 0.05) is 43.4 Å². The molecule has 0 aliphatic carbocycles. The number of aryl methyl sites for hydroxylation is 1. The molecule has 4 aromatic heterocycles. The number of aromatic nitrogens is 6. The highest BCUT2D eigenvalue weighted by Gasteiger charge is 2.17. The van der Waals surface area contributed by atoms with Crippen molar-refractivity contribution in [1.82, 2.24) is 29.8 Å². The topological polar surface area (TPSA) is 87.0 Å². The third-order valence-electron chi connectivity index (χ3n) is 4.29. The number of hydrogen-bond donors (Lipinski definition) is 2. The molecule has 5 heterocycles. The molecule has 0 unspecified atom stereocenters. The molecule has 0 bridgehead atoms. The largest absolute Gasteiger partial charge is 0.340 e. The van der Waals surface area contributed by atoms with Crippen LogP contribution in [0.5, 0.6) is 0 Å². The lowest BCUT2D eigenvalue weighted by atomic mass is 10.4. The Bertz CT molecular complexity index is 1000. The number of rotatable bonds is 3. The van der Waals surface area contributed by atoms with Crippen LogP contribution in [0, 0.1) is 19.8 Å². The van der Waals surface area contributed by atoms with Crippen molar-refractivity contribution < 1.29 is 0 Å². The van der Waals surface area contributed by atoms with Crippen molar-refractivity contribution in [3.8, 4) is 12.8 Å². The summed E-state index contributed by atoms with van der Waals surface area (Å²) in [5.74, 6) is 2.32. The third kappa shape index (κ3) is 5.11. The second-order valence-corrected chi connectivity index (χ2v) is 6.38. The first-order valence-corrected chi connectivity index (χ1v) is 9.37. The van der Waals surface area contributed by atoms with E-state index in [1.165, 1.54) is 12.8 Å². The summed E-state index contributed by atoms with van der Waals surface area (Å²) in [5.41, 5.74) is 1.95. The van der Waals surface area contributed by atoms with Gasteiger partial charge in [0.15, 0.2) is 11.6 Å². The summed E-state index contributed by atoms with van der Waals surface area (Å²) in [4.78, 5) is 10.7. The van der Waals surface area contributed by atoms with Crippen molar-refractivity contribution >= 4 is 23.1 Å². The molecule has 1 aliphatic heterocycles. The summed E-state index contributed by atoms with van der Waals surface area (Å²) in [6, 6.07) is 11.6. The average molecular weight is 388 g/mol. The van der Waals surface area contributed by atoms with Crippen molar-refractivity contribution in [3.63, 3.8) is 0 Å². The first kappa shape index (κ1) is 19.9. The molecule has 0 atom stereocenters. The van der Waals surface area contributed by atoms with Crippen LogP contribution in [-0.2, 0) is 0 Å². The summed E-state index contributed by atoms with van der Waals surface area (Å²) >= 11 is 0. The SMILES string of the molecule is C#C.Cc1cc(Nc2nc(N3CCCC3)nn3cccc23)n[nH]1.c1ccncc1. The molecule has 29 heavy (non-hydrogen) atoms. The van der Waals surface area contributed by atoms with E-state index in [1.54, 1.807) is 12.4 Å². The van der Waals surface area contributed by atoms with Gasteiger partial charge in [-0.25, -0.2) is 4.52 Å². The minimum Gasteiger partial charge on any atom is -0.340 e. The first-order valence-electron chi connectivity index (χ1n) is 9.37. The summed E-state index contributed by atoms with van der Waals surface area (Å²) in [6.07, 6.45) is 15.8.